The molecule has 0 spiro atoms. The average molecular weight is 503 g/mol. The third kappa shape index (κ3) is 6.98. The Bertz CT molecular complexity index is 1070. The summed E-state index contributed by atoms with van der Waals surface area (Å²) in [7, 11) is -4.35. The fraction of sp³-hybridized carbons (Fsp3) is 0.409. The number of halogens is 3. The van der Waals surface area contributed by atoms with Gasteiger partial charge in [-0.1, -0.05) is 17.7 Å². The van der Waals surface area contributed by atoms with Crippen LogP contribution in [0.3, 0.4) is 0 Å². The van der Waals surface area contributed by atoms with Crippen molar-refractivity contribution in [3.05, 3.63) is 64.2 Å². The molecule has 1 amide bonds. The van der Waals surface area contributed by atoms with Gasteiger partial charge in [-0.2, -0.15) is 0 Å². The van der Waals surface area contributed by atoms with Crippen molar-refractivity contribution in [2.45, 2.75) is 38.6 Å². The minimum absolute atomic E-state index is 0.0287. The Morgan fingerprint density at radius 1 is 1.12 bits per heavy atom. The van der Waals surface area contributed by atoms with Crippen molar-refractivity contribution in [1.82, 2.24) is 9.80 Å². The summed E-state index contributed by atoms with van der Waals surface area (Å²) < 4.78 is 43.7. The lowest BCUT2D eigenvalue weighted by Crippen LogP contribution is -2.58. The zero-order chi connectivity index (χ0) is 24.3. The molecule has 2 aromatic rings. The third-order valence-corrected chi connectivity index (χ3v) is 6.54. The predicted octanol–water partition coefficient (Wildman–Crippen LogP) is 3.80. The molecule has 2 N–H and O–H groups in total. The Hall–Kier alpha value is -2.03. The second kappa shape index (κ2) is 10.5. The molecule has 2 aromatic carbocycles. The van der Waals surface area contributed by atoms with Gasteiger partial charge in [-0.05, 0) is 49.7 Å². The van der Waals surface area contributed by atoms with E-state index in [9.17, 15) is 27.9 Å². The van der Waals surface area contributed by atoms with Crippen LogP contribution < -0.4 is 4.74 Å². The minimum atomic E-state index is -4.35. The van der Waals surface area contributed by atoms with Gasteiger partial charge in [0, 0.05) is 42.3 Å². The van der Waals surface area contributed by atoms with Gasteiger partial charge in [0.05, 0.1) is 6.16 Å². The molecule has 7 nitrogen and oxygen atoms in total. The van der Waals surface area contributed by atoms with Gasteiger partial charge >= 0.3 is 7.60 Å². The van der Waals surface area contributed by atoms with Crippen LogP contribution in [0.25, 0.3) is 0 Å². The smallest absolute Gasteiger partial charge is 0.330 e. The molecule has 1 saturated heterocycles. The molecule has 3 rings (SSSR count). The number of rotatable bonds is 7. The molecular formula is C22H26ClF2N2O5P. The van der Waals surface area contributed by atoms with Crippen molar-refractivity contribution in [3.8, 4) is 5.75 Å². The molecule has 0 radical (unpaired) electrons. The molecule has 33 heavy (non-hydrogen) atoms. The number of nitrogens with zero attached hydrogens (tertiary/aromatic N) is 2. The van der Waals surface area contributed by atoms with Crippen molar-refractivity contribution >= 4 is 25.1 Å². The summed E-state index contributed by atoms with van der Waals surface area (Å²) >= 11 is 5.93. The average Bonchev–Trinajstić information content (AvgIpc) is 2.71. The zero-order valence-corrected chi connectivity index (χ0v) is 19.9. The van der Waals surface area contributed by atoms with Gasteiger partial charge in [-0.3, -0.25) is 14.3 Å². The van der Waals surface area contributed by atoms with Crippen molar-refractivity contribution in [1.29, 1.82) is 0 Å². The lowest BCUT2D eigenvalue weighted by molar-refractivity contribution is -0.139. The summed E-state index contributed by atoms with van der Waals surface area (Å²) in [5, 5.41) is 0.303. The number of benzene rings is 2. The first-order valence-corrected chi connectivity index (χ1v) is 12.5. The highest BCUT2D eigenvalue weighted by Crippen LogP contribution is 2.42. The third-order valence-electron chi connectivity index (χ3n) is 5.56. The lowest BCUT2D eigenvalue weighted by Gasteiger charge is -2.44. The molecule has 0 saturated carbocycles. The molecule has 1 fully saturated rings. The monoisotopic (exact) mass is 502 g/mol. The lowest BCUT2D eigenvalue weighted by atomic mass is 10.1. The zero-order valence-electron chi connectivity index (χ0n) is 18.2. The molecule has 0 bridgehead atoms. The van der Waals surface area contributed by atoms with Gasteiger partial charge < -0.3 is 19.4 Å². The molecule has 2 atom stereocenters. The molecular weight excluding hydrogens is 477 g/mol. The van der Waals surface area contributed by atoms with Crippen molar-refractivity contribution in [2.24, 2.45) is 0 Å². The topological polar surface area (TPSA) is 90.3 Å². The normalized spacial score (nSPS) is 19.5. The molecule has 0 unspecified atom stereocenters. The Kier molecular flexibility index (Phi) is 8.13. The van der Waals surface area contributed by atoms with Crippen LogP contribution in [0.4, 0.5) is 8.78 Å². The van der Waals surface area contributed by atoms with E-state index in [1.165, 1.54) is 24.3 Å². The fourth-order valence-electron chi connectivity index (χ4n) is 3.90. The molecule has 1 aliphatic rings. The summed E-state index contributed by atoms with van der Waals surface area (Å²) in [6.07, 6.45) is -0.548. The number of ether oxygens (including phenoxy) is 1. The number of piperazine rings is 1. The van der Waals surface area contributed by atoms with E-state index in [2.05, 4.69) is 4.90 Å². The number of hydrogen-bond donors (Lipinski definition) is 2. The van der Waals surface area contributed by atoms with Crippen molar-refractivity contribution in [2.75, 3.05) is 19.7 Å². The van der Waals surface area contributed by atoms with E-state index in [1.807, 2.05) is 13.8 Å². The maximum atomic E-state index is 13.5. The highest BCUT2D eigenvalue weighted by atomic mass is 35.5. The van der Waals surface area contributed by atoms with E-state index >= 15 is 0 Å². The molecule has 0 aliphatic carbocycles. The molecule has 1 heterocycles. The van der Waals surface area contributed by atoms with Crippen molar-refractivity contribution < 1.29 is 32.7 Å². The standard InChI is InChI=1S/C22H26ClF2N2O5P/c1-14-10-27(15(2)9-26(14)11-16-3-5-19(24)20(25)7-16)22(28)12-32-21-6-4-18(23)8-17(21)13-33(29,30)31/h3-8,14-15H,9-13H2,1-2H3,(H2,29,30,31)/t14-,15+/m0/s1. The van der Waals surface area contributed by atoms with E-state index < -0.39 is 25.4 Å². The van der Waals surface area contributed by atoms with Gasteiger partial charge in [0.15, 0.2) is 18.2 Å². The Labute approximate surface area is 196 Å². The van der Waals surface area contributed by atoms with Crippen LogP contribution in [0.15, 0.2) is 36.4 Å². The quantitative estimate of drug-likeness (QED) is 0.560. The van der Waals surface area contributed by atoms with Gasteiger partial charge in [0.1, 0.15) is 5.75 Å². The van der Waals surface area contributed by atoms with E-state index in [0.29, 0.717) is 30.2 Å². The van der Waals surface area contributed by atoms with Gasteiger partial charge in [0.25, 0.3) is 5.91 Å². The number of carbonyl (C=O) groups is 1. The molecule has 11 heteroatoms. The highest BCUT2D eigenvalue weighted by molar-refractivity contribution is 7.50. The SMILES string of the molecule is C[C@@H]1CN(Cc2ccc(F)c(F)c2)[C@@H](C)CN1C(=O)COc1ccc(Cl)cc1CP(=O)(O)O. The van der Waals surface area contributed by atoms with Crippen LogP contribution in [0.5, 0.6) is 5.75 Å². The first kappa shape index (κ1) is 25.6. The van der Waals surface area contributed by atoms with E-state index in [-0.39, 0.29) is 35.9 Å². The Morgan fingerprint density at radius 2 is 1.85 bits per heavy atom. The van der Waals surface area contributed by atoms with Gasteiger partial charge in [-0.25, -0.2) is 8.78 Å². The van der Waals surface area contributed by atoms with Crippen molar-refractivity contribution in [3.63, 3.8) is 0 Å². The van der Waals surface area contributed by atoms with E-state index in [1.54, 1.807) is 11.0 Å². The maximum absolute atomic E-state index is 13.5. The van der Waals surface area contributed by atoms with E-state index in [0.717, 1.165) is 6.07 Å². The largest absolute Gasteiger partial charge is 0.483 e. The van der Waals surface area contributed by atoms with Crippen LogP contribution in [0.1, 0.15) is 25.0 Å². The number of hydrogen-bond acceptors (Lipinski definition) is 4. The molecule has 180 valence electrons. The fourth-order valence-corrected chi connectivity index (χ4v) is 4.78. The highest BCUT2D eigenvalue weighted by Gasteiger charge is 2.32. The first-order chi connectivity index (χ1) is 15.4. The summed E-state index contributed by atoms with van der Waals surface area (Å²) in [5.41, 5.74) is 0.873. The summed E-state index contributed by atoms with van der Waals surface area (Å²) in [6, 6.07) is 8.05. The molecule has 0 aromatic heterocycles. The first-order valence-electron chi connectivity index (χ1n) is 10.4. The van der Waals surface area contributed by atoms with Crippen LogP contribution in [-0.4, -0.2) is 57.3 Å². The van der Waals surface area contributed by atoms with E-state index in [4.69, 9.17) is 16.3 Å². The second-order valence-corrected chi connectivity index (χ2v) is 10.4. The van der Waals surface area contributed by atoms with Crippen LogP contribution >= 0.6 is 19.2 Å². The van der Waals surface area contributed by atoms with Gasteiger partial charge in [-0.15, -0.1) is 0 Å². The summed E-state index contributed by atoms with van der Waals surface area (Å²) in [5.74, 6) is -1.85. The van der Waals surface area contributed by atoms with Crippen LogP contribution in [0.2, 0.25) is 5.02 Å². The summed E-state index contributed by atoms with van der Waals surface area (Å²) in [4.78, 5) is 35.2. The molecule has 1 aliphatic heterocycles. The van der Waals surface area contributed by atoms with Gasteiger partial charge in [0.2, 0.25) is 0 Å². The van der Waals surface area contributed by atoms with Crippen LogP contribution in [-0.2, 0) is 22.1 Å². The maximum Gasteiger partial charge on any atom is 0.330 e. The predicted molar refractivity (Wildman–Crippen MR) is 120 cm³/mol. The number of amides is 1. The number of carbonyl (C=O) groups excluding carboxylic acids is 1. The Balaban J connectivity index is 1.62. The minimum Gasteiger partial charge on any atom is -0.483 e. The Morgan fingerprint density at radius 3 is 2.52 bits per heavy atom. The summed E-state index contributed by atoms with van der Waals surface area (Å²) in [6.45, 7) is 4.93. The van der Waals surface area contributed by atoms with Crippen LogP contribution in [0, 0.1) is 11.6 Å². The second-order valence-electron chi connectivity index (χ2n) is 8.29.